The monoisotopic (exact) mass is 510 g/mol. The molecule has 3 atom stereocenters. The van der Waals surface area contributed by atoms with Gasteiger partial charge in [0.05, 0.1) is 12.6 Å². The van der Waals surface area contributed by atoms with Crippen LogP contribution >= 0.6 is 23.5 Å². The molecule has 0 spiro atoms. The number of rotatable bonds is 12. The van der Waals surface area contributed by atoms with Crippen molar-refractivity contribution in [1.29, 1.82) is 0 Å². The summed E-state index contributed by atoms with van der Waals surface area (Å²) < 4.78 is 10.7. The number of carbonyl (C=O) groups excluding carboxylic acids is 3. The van der Waals surface area contributed by atoms with Crippen molar-refractivity contribution < 1.29 is 23.9 Å². The maximum Gasteiger partial charge on any atom is 0.329 e. The molecule has 1 aromatic carbocycles. The van der Waals surface area contributed by atoms with E-state index in [1.165, 1.54) is 4.90 Å². The average molecular weight is 511 g/mol. The number of ether oxygens (including phenoxy) is 2. The van der Waals surface area contributed by atoms with E-state index in [0.29, 0.717) is 18.7 Å². The van der Waals surface area contributed by atoms with Crippen LogP contribution in [0.5, 0.6) is 0 Å². The minimum Gasteiger partial charge on any atom is -0.465 e. The predicted molar refractivity (Wildman–Crippen MR) is 138 cm³/mol. The van der Waals surface area contributed by atoms with Crippen LogP contribution in [0, 0.1) is 0 Å². The zero-order valence-electron chi connectivity index (χ0n) is 20.9. The SMILES string of the molecule is CCOC(=O)[C@H](CSCCSc1ccccc1)N[C@@H](C)C(=O)N1CCC[C@H]1C(=O)OC(C)(C)C. The summed E-state index contributed by atoms with van der Waals surface area (Å²) in [5, 5.41) is 3.15. The highest BCUT2D eigenvalue weighted by Gasteiger charge is 2.39. The summed E-state index contributed by atoms with van der Waals surface area (Å²) in [7, 11) is 0. The second-order valence-corrected chi connectivity index (χ2v) is 11.5. The molecule has 0 aliphatic carbocycles. The summed E-state index contributed by atoms with van der Waals surface area (Å²) in [5.41, 5.74) is -0.608. The van der Waals surface area contributed by atoms with E-state index in [0.717, 1.165) is 17.9 Å². The van der Waals surface area contributed by atoms with Crippen LogP contribution < -0.4 is 5.32 Å². The highest BCUT2D eigenvalue weighted by atomic mass is 32.2. The number of carbonyl (C=O) groups is 3. The lowest BCUT2D eigenvalue weighted by Gasteiger charge is -2.30. The molecule has 0 saturated carbocycles. The van der Waals surface area contributed by atoms with Crippen LogP contribution in [0.3, 0.4) is 0 Å². The molecule has 1 fully saturated rings. The highest BCUT2D eigenvalue weighted by molar-refractivity contribution is 8.03. The van der Waals surface area contributed by atoms with E-state index in [-0.39, 0.29) is 24.5 Å². The number of hydrogen-bond acceptors (Lipinski definition) is 8. The largest absolute Gasteiger partial charge is 0.465 e. The van der Waals surface area contributed by atoms with Gasteiger partial charge in [-0.3, -0.25) is 14.9 Å². The predicted octanol–water partition coefficient (Wildman–Crippen LogP) is 3.75. The molecule has 0 bridgehead atoms. The van der Waals surface area contributed by atoms with Gasteiger partial charge in [0.15, 0.2) is 0 Å². The summed E-state index contributed by atoms with van der Waals surface area (Å²) in [6.07, 6.45) is 1.34. The van der Waals surface area contributed by atoms with Crippen molar-refractivity contribution in [3.8, 4) is 0 Å². The summed E-state index contributed by atoms with van der Waals surface area (Å²) >= 11 is 3.42. The van der Waals surface area contributed by atoms with Crippen molar-refractivity contribution in [2.45, 2.75) is 76.1 Å². The fourth-order valence-electron chi connectivity index (χ4n) is 3.63. The molecule has 1 N–H and O–H groups in total. The Morgan fingerprint density at radius 2 is 1.88 bits per heavy atom. The molecule has 0 unspecified atom stereocenters. The van der Waals surface area contributed by atoms with Gasteiger partial charge in [0, 0.05) is 28.7 Å². The third-order valence-electron chi connectivity index (χ3n) is 5.13. The quantitative estimate of drug-likeness (QED) is 0.259. The van der Waals surface area contributed by atoms with Crippen molar-refractivity contribution in [3.05, 3.63) is 30.3 Å². The number of likely N-dealkylation sites (tertiary alicyclic amines) is 1. The zero-order valence-corrected chi connectivity index (χ0v) is 22.5. The molecule has 2 rings (SSSR count). The maximum atomic E-state index is 13.2. The van der Waals surface area contributed by atoms with Gasteiger partial charge in [-0.2, -0.15) is 11.8 Å². The lowest BCUT2D eigenvalue weighted by Crippen LogP contribution is -2.54. The fraction of sp³-hybridized carbons (Fsp3) is 0.640. The van der Waals surface area contributed by atoms with Gasteiger partial charge in [-0.05, 0) is 59.6 Å². The number of hydrogen-bond donors (Lipinski definition) is 1. The van der Waals surface area contributed by atoms with Crippen LogP contribution in [0.1, 0.15) is 47.5 Å². The summed E-state index contributed by atoms with van der Waals surface area (Å²) in [6, 6.07) is 8.37. The minimum atomic E-state index is -0.628. The highest BCUT2D eigenvalue weighted by Crippen LogP contribution is 2.23. The molecule has 9 heteroatoms. The van der Waals surface area contributed by atoms with Gasteiger partial charge in [0.25, 0.3) is 0 Å². The standard InChI is InChI=1S/C25H38N2O5S2/c1-6-31-23(29)20(17-33-15-16-34-19-11-8-7-9-12-19)26-18(2)22(28)27-14-10-13-21(27)24(30)32-25(3,4)5/h7-9,11-12,18,20-21,26H,6,10,13-17H2,1-5H3/t18-,20-,21-/m0/s1. The number of thioether (sulfide) groups is 2. The first kappa shape index (κ1) is 28.5. The Kier molecular flexibility index (Phi) is 11.7. The van der Waals surface area contributed by atoms with Crippen LogP contribution in [-0.2, 0) is 23.9 Å². The van der Waals surface area contributed by atoms with Gasteiger partial charge in [-0.25, -0.2) is 4.79 Å². The van der Waals surface area contributed by atoms with Crippen LogP contribution in [0.4, 0.5) is 0 Å². The van der Waals surface area contributed by atoms with Crippen molar-refractivity contribution in [2.24, 2.45) is 0 Å². The average Bonchev–Trinajstić information content (AvgIpc) is 3.27. The van der Waals surface area contributed by atoms with Crippen molar-refractivity contribution in [1.82, 2.24) is 10.2 Å². The van der Waals surface area contributed by atoms with Crippen LogP contribution in [-0.4, -0.2) is 76.9 Å². The Morgan fingerprint density at radius 3 is 2.53 bits per heavy atom. The molecule has 1 amide bonds. The molecule has 190 valence electrons. The summed E-state index contributed by atoms with van der Waals surface area (Å²) in [4.78, 5) is 41.1. The van der Waals surface area contributed by atoms with E-state index in [9.17, 15) is 14.4 Å². The van der Waals surface area contributed by atoms with Crippen molar-refractivity contribution in [2.75, 3.05) is 30.4 Å². The molecule has 0 radical (unpaired) electrons. The number of amides is 1. The second-order valence-electron chi connectivity index (χ2n) is 9.15. The number of nitrogens with zero attached hydrogens (tertiary/aromatic N) is 1. The normalized spacial score (nSPS) is 17.8. The smallest absolute Gasteiger partial charge is 0.329 e. The number of nitrogens with one attached hydrogen (secondary N) is 1. The molecular formula is C25H38N2O5S2. The first-order chi connectivity index (χ1) is 16.1. The number of benzene rings is 1. The van der Waals surface area contributed by atoms with Gasteiger partial charge < -0.3 is 14.4 Å². The maximum absolute atomic E-state index is 13.2. The number of esters is 2. The molecule has 1 aliphatic rings. The van der Waals surface area contributed by atoms with E-state index < -0.39 is 23.7 Å². The Hall–Kier alpha value is -1.71. The topological polar surface area (TPSA) is 84.9 Å². The van der Waals surface area contributed by atoms with E-state index in [2.05, 4.69) is 17.4 Å². The molecule has 7 nitrogen and oxygen atoms in total. The zero-order chi connectivity index (χ0) is 25.1. The molecular weight excluding hydrogens is 472 g/mol. The summed E-state index contributed by atoms with van der Waals surface area (Å²) in [6.45, 7) is 9.73. The van der Waals surface area contributed by atoms with Crippen LogP contribution in [0.15, 0.2) is 35.2 Å². The van der Waals surface area contributed by atoms with E-state index in [4.69, 9.17) is 9.47 Å². The molecule has 1 aliphatic heterocycles. The minimum absolute atomic E-state index is 0.202. The fourth-order valence-corrected chi connectivity index (χ4v) is 5.66. The molecule has 1 saturated heterocycles. The molecule has 0 aromatic heterocycles. The van der Waals surface area contributed by atoms with Crippen LogP contribution in [0.2, 0.25) is 0 Å². The van der Waals surface area contributed by atoms with Crippen LogP contribution in [0.25, 0.3) is 0 Å². The Balaban J connectivity index is 1.90. The van der Waals surface area contributed by atoms with Gasteiger partial charge in [0.1, 0.15) is 17.7 Å². The molecule has 1 aromatic rings. The third-order valence-corrected chi connectivity index (χ3v) is 7.47. The Labute approximate surface area is 212 Å². The van der Waals surface area contributed by atoms with Gasteiger partial charge >= 0.3 is 11.9 Å². The first-order valence-electron chi connectivity index (χ1n) is 11.8. The van der Waals surface area contributed by atoms with Crippen molar-refractivity contribution >= 4 is 41.4 Å². The third kappa shape index (κ3) is 9.50. The van der Waals surface area contributed by atoms with Gasteiger partial charge in [-0.1, -0.05) is 18.2 Å². The molecule has 1 heterocycles. The van der Waals surface area contributed by atoms with Gasteiger partial charge in [0.2, 0.25) is 5.91 Å². The first-order valence-corrected chi connectivity index (χ1v) is 14.0. The summed E-state index contributed by atoms with van der Waals surface area (Å²) in [5.74, 6) is 1.35. The second kappa shape index (κ2) is 14.0. The van der Waals surface area contributed by atoms with E-state index in [1.807, 2.05) is 39.0 Å². The van der Waals surface area contributed by atoms with Gasteiger partial charge in [-0.15, -0.1) is 11.8 Å². The Morgan fingerprint density at radius 1 is 1.18 bits per heavy atom. The molecule has 34 heavy (non-hydrogen) atoms. The Bertz CT molecular complexity index is 800. The lowest BCUT2D eigenvalue weighted by atomic mass is 10.1. The lowest BCUT2D eigenvalue weighted by molar-refractivity contribution is -0.163. The van der Waals surface area contributed by atoms with E-state index in [1.54, 1.807) is 42.3 Å². The van der Waals surface area contributed by atoms with E-state index >= 15 is 0 Å². The van der Waals surface area contributed by atoms with Crippen molar-refractivity contribution in [3.63, 3.8) is 0 Å².